The third-order valence-corrected chi connectivity index (χ3v) is 3.92. The minimum Gasteiger partial charge on any atom is -0.340 e. The van der Waals surface area contributed by atoms with Gasteiger partial charge in [0.2, 0.25) is 11.8 Å². The Balaban J connectivity index is 2.28. The molecule has 2 atom stereocenters. The summed E-state index contributed by atoms with van der Waals surface area (Å²) in [6, 6.07) is 9.70. The summed E-state index contributed by atoms with van der Waals surface area (Å²) in [4.78, 5) is 26.0. The minimum absolute atomic E-state index is 0.00838. The Morgan fingerprint density at radius 1 is 1.32 bits per heavy atom. The Hall–Kier alpha value is -1.84. The summed E-state index contributed by atoms with van der Waals surface area (Å²) in [5.41, 5.74) is 0.266. The van der Waals surface area contributed by atoms with Gasteiger partial charge in [-0.05, 0) is 25.8 Å². The molecule has 0 radical (unpaired) electrons. The van der Waals surface area contributed by atoms with Crippen molar-refractivity contribution in [3.8, 4) is 0 Å². The van der Waals surface area contributed by atoms with Gasteiger partial charge in [-0.15, -0.1) is 0 Å². The topological polar surface area (TPSA) is 49.4 Å². The summed E-state index contributed by atoms with van der Waals surface area (Å²) < 4.78 is 0. The number of hydrogen-bond donors (Lipinski definition) is 1. The fourth-order valence-electron chi connectivity index (χ4n) is 2.41. The molecule has 2 amide bonds. The maximum Gasteiger partial charge on any atom is 0.248 e. The highest BCUT2D eigenvalue weighted by molar-refractivity contribution is 5.97. The van der Waals surface area contributed by atoms with Gasteiger partial charge in [-0.1, -0.05) is 37.3 Å². The lowest BCUT2D eigenvalue weighted by Crippen LogP contribution is -2.65. The number of hydrogen-bond acceptors (Lipinski definition) is 2. The van der Waals surface area contributed by atoms with E-state index in [1.54, 1.807) is 11.8 Å². The second kappa shape index (κ2) is 5.03. The first kappa shape index (κ1) is 13.6. The molecule has 1 aliphatic heterocycles. The van der Waals surface area contributed by atoms with Gasteiger partial charge in [0.25, 0.3) is 0 Å². The van der Waals surface area contributed by atoms with Gasteiger partial charge in [0.05, 0.1) is 6.04 Å². The number of carbonyl (C=O) groups excluding carboxylic acids is 2. The molecule has 1 saturated heterocycles. The van der Waals surface area contributed by atoms with Crippen molar-refractivity contribution in [2.24, 2.45) is 0 Å². The molecule has 1 N–H and O–H groups in total. The zero-order valence-electron chi connectivity index (χ0n) is 11.6. The van der Waals surface area contributed by atoms with Gasteiger partial charge in [-0.2, -0.15) is 0 Å². The van der Waals surface area contributed by atoms with Crippen molar-refractivity contribution < 1.29 is 9.59 Å². The zero-order valence-corrected chi connectivity index (χ0v) is 11.6. The van der Waals surface area contributed by atoms with Crippen molar-refractivity contribution in [1.82, 2.24) is 10.2 Å². The quantitative estimate of drug-likeness (QED) is 0.902. The third-order valence-electron chi connectivity index (χ3n) is 3.92. The molecule has 1 aliphatic rings. The average Bonchev–Trinajstić information content (AvgIpc) is 2.43. The summed E-state index contributed by atoms with van der Waals surface area (Å²) in [7, 11) is 0. The smallest absolute Gasteiger partial charge is 0.248 e. The summed E-state index contributed by atoms with van der Waals surface area (Å²) >= 11 is 0. The van der Waals surface area contributed by atoms with Crippen molar-refractivity contribution in [3.05, 3.63) is 35.9 Å². The molecule has 1 aromatic carbocycles. The number of nitrogens with zero attached hydrogens (tertiary/aromatic N) is 1. The lowest BCUT2D eigenvalue weighted by molar-refractivity contribution is -0.151. The van der Waals surface area contributed by atoms with Crippen LogP contribution >= 0.6 is 0 Å². The van der Waals surface area contributed by atoms with Crippen LogP contribution in [0.4, 0.5) is 0 Å². The Bertz CT molecular complexity index is 486. The number of benzene rings is 1. The van der Waals surface area contributed by atoms with Crippen LogP contribution < -0.4 is 5.32 Å². The molecule has 0 aromatic heterocycles. The van der Waals surface area contributed by atoms with E-state index in [4.69, 9.17) is 0 Å². The number of rotatable bonds is 3. The first-order valence-electron chi connectivity index (χ1n) is 6.65. The third kappa shape index (κ3) is 2.48. The summed E-state index contributed by atoms with van der Waals surface area (Å²) in [6.45, 7) is 5.79. The van der Waals surface area contributed by atoms with Crippen LogP contribution in [0.1, 0.15) is 38.8 Å². The second-order valence-electron chi connectivity index (χ2n) is 5.25. The molecule has 0 saturated carbocycles. The molecule has 19 heavy (non-hydrogen) atoms. The maximum atomic E-state index is 12.5. The van der Waals surface area contributed by atoms with E-state index in [-0.39, 0.29) is 24.4 Å². The van der Waals surface area contributed by atoms with Gasteiger partial charge in [0.15, 0.2) is 0 Å². The van der Waals surface area contributed by atoms with Gasteiger partial charge in [-0.25, -0.2) is 0 Å². The molecule has 102 valence electrons. The lowest BCUT2D eigenvalue weighted by atomic mass is 9.92. The normalized spacial score (nSPS) is 25.1. The standard InChI is InChI=1S/C15H20N2O2/c1-4-15(3)14(19)17(10-13(18)16-15)11(2)12-8-6-5-7-9-12/h5-9,11H,4,10H2,1-3H3,(H,16,18). The first-order chi connectivity index (χ1) is 8.98. The monoisotopic (exact) mass is 260 g/mol. The Kier molecular flexibility index (Phi) is 3.60. The highest BCUT2D eigenvalue weighted by Gasteiger charge is 2.43. The van der Waals surface area contributed by atoms with Gasteiger partial charge in [-0.3, -0.25) is 9.59 Å². The second-order valence-corrected chi connectivity index (χ2v) is 5.25. The predicted molar refractivity (Wildman–Crippen MR) is 73.4 cm³/mol. The first-order valence-corrected chi connectivity index (χ1v) is 6.65. The van der Waals surface area contributed by atoms with Crippen LogP contribution in [-0.2, 0) is 9.59 Å². The molecule has 0 spiro atoms. The van der Waals surface area contributed by atoms with Gasteiger partial charge >= 0.3 is 0 Å². The van der Waals surface area contributed by atoms with Gasteiger partial charge < -0.3 is 10.2 Å². The Labute approximate surface area is 113 Å². The molecular formula is C15H20N2O2. The van der Waals surface area contributed by atoms with E-state index in [9.17, 15) is 9.59 Å². The molecule has 0 bridgehead atoms. The van der Waals surface area contributed by atoms with Crippen molar-refractivity contribution in [2.75, 3.05) is 6.54 Å². The number of piperazine rings is 1. The van der Waals surface area contributed by atoms with Crippen molar-refractivity contribution in [3.63, 3.8) is 0 Å². The van der Waals surface area contributed by atoms with Gasteiger partial charge in [0, 0.05) is 0 Å². The van der Waals surface area contributed by atoms with E-state index in [1.165, 1.54) is 0 Å². The SMILES string of the molecule is CCC1(C)NC(=O)CN(C(C)c2ccccc2)C1=O. The largest absolute Gasteiger partial charge is 0.340 e. The molecule has 4 heteroatoms. The molecule has 0 aliphatic carbocycles. The molecule has 1 aromatic rings. The predicted octanol–water partition coefficient (Wildman–Crippen LogP) is 1.87. The average molecular weight is 260 g/mol. The van der Waals surface area contributed by atoms with Gasteiger partial charge in [0.1, 0.15) is 12.1 Å². The fraction of sp³-hybridized carbons (Fsp3) is 0.467. The van der Waals surface area contributed by atoms with Crippen LogP contribution in [0.3, 0.4) is 0 Å². The molecule has 2 unspecified atom stereocenters. The van der Waals surface area contributed by atoms with Crippen molar-refractivity contribution in [1.29, 1.82) is 0 Å². The number of nitrogens with one attached hydrogen (secondary N) is 1. The van der Waals surface area contributed by atoms with Crippen LogP contribution in [0.15, 0.2) is 30.3 Å². The van der Waals surface area contributed by atoms with Crippen LogP contribution in [0.2, 0.25) is 0 Å². The summed E-state index contributed by atoms with van der Waals surface area (Å²) in [5.74, 6) is -0.0994. The number of amides is 2. The molecule has 1 heterocycles. The van der Waals surface area contributed by atoms with E-state index in [1.807, 2.05) is 44.2 Å². The van der Waals surface area contributed by atoms with Crippen molar-refractivity contribution >= 4 is 11.8 Å². The van der Waals surface area contributed by atoms with E-state index in [0.717, 1.165) is 5.56 Å². The Morgan fingerprint density at radius 2 is 1.95 bits per heavy atom. The van der Waals surface area contributed by atoms with E-state index < -0.39 is 5.54 Å². The van der Waals surface area contributed by atoms with Crippen LogP contribution in [0, 0.1) is 0 Å². The van der Waals surface area contributed by atoms with Crippen LogP contribution in [0.5, 0.6) is 0 Å². The maximum absolute atomic E-state index is 12.5. The minimum atomic E-state index is -0.779. The molecular weight excluding hydrogens is 240 g/mol. The highest BCUT2D eigenvalue weighted by atomic mass is 16.2. The van der Waals surface area contributed by atoms with E-state index >= 15 is 0 Å². The molecule has 1 fully saturated rings. The number of carbonyl (C=O) groups is 2. The summed E-state index contributed by atoms with van der Waals surface area (Å²) in [5, 5.41) is 2.80. The lowest BCUT2D eigenvalue weighted by Gasteiger charge is -2.42. The van der Waals surface area contributed by atoms with Crippen molar-refractivity contribution in [2.45, 2.75) is 38.8 Å². The van der Waals surface area contributed by atoms with E-state index in [2.05, 4.69) is 5.32 Å². The summed E-state index contributed by atoms with van der Waals surface area (Å²) in [6.07, 6.45) is 0.593. The van der Waals surface area contributed by atoms with Crippen LogP contribution in [0.25, 0.3) is 0 Å². The molecule has 2 rings (SSSR count). The fourth-order valence-corrected chi connectivity index (χ4v) is 2.41. The highest BCUT2D eigenvalue weighted by Crippen LogP contribution is 2.26. The van der Waals surface area contributed by atoms with E-state index in [0.29, 0.717) is 6.42 Å². The zero-order chi connectivity index (χ0) is 14.0. The Morgan fingerprint density at radius 3 is 2.53 bits per heavy atom. The molecule has 4 nitrogen and oxygen atoms in total. The van der Waals surface area contributed by atoms with Crippen LogP contribution in [-0.4, -0.2) is 28.8 Å².